The van der Waals surface area contributed by atoms with Crippen molar-refractivity contribution in [3.63, 3.8) is 0 Å². The number of rotatable bonds is 1. The van der Waals surface area contributed by atoms with Gasteiger partial charge in [-0.2, -0.15) is 5.26 Å². The van der Waals surface area contributed by atoms with Gasteiger partial charge >= 0.3 is 5.97 Å². The Bertz CT molecular complexity index is 1010. The minimum absolute atomic E-state index is 0.0219. The smallest absolute Gasteiger partial charge is 0.312 e. The average molecular weight is 329 g/mol. The zero-order chi connectivity index (χ0) is 17.6. The number of ketones is 2. The van der Waals surface area contributed by atoms with Gasteiger partial charge in [0.05, 0.1) is 23.6 Å². The lowest BCUT2D eigenvalue weighted by Gasteiger charge is -2.29. The molecule has 0 radical (unpaired) electrons. The summed E-state index contributed by atoms with van der Waals surface area (Å²) < 4.78 is 5.14. The molecule has 5 nitrogen and oxygen atoms in total. The monoisotopic (exact) mass is 329 g/mol. The van der Waals surface area contributed by atoms with Gasteiger partial charge in [-0.3, -0.25) is 14.4 Å². The van der Waals surface area contributed by atoms with E-state index in [-0.39, 0.29) is 29.1 Å². The maximum atomic E-state index is 13.0. The average Bonchev–Trinajstić information content (AvgIpc) is 2.65. The molecule has 0 aromatic heterocycles. The second kappa shape index (κ2) is 5.53. The fraction of sp³-hybridized carbons (Fsp3) is 0.100. The van der Waals surface area contributed by atoms with Crippen LogP contribution in [-0.2, 0) is 9.53 Å². The van der Waals surface area contributed by atoms with Crippen LogP contribution < -0.4 is 0 Å². The Kier molecular flexibility index (Phi) is 3.33. The topological polar surface area (TPSA) is 84.2 Å². The Morgan fingerprint density at radius 3 is 2.20 bits per heavy atom. The fourth-order valence-corrected chi connectivity index (χ4v) is 3.29. The van der Waals surface area contributed by atoms with Gasteiger partial charge in [0.15, 0.2) is 11.5 Å². The number of ether oxygens (including phenoxy) is 1. The van der Waals surface area contributed by atoms with Crippen molar-refractivity contribution < 1.29 is 19.1 Å². The quantitative estimate of drug-likeness (QED) is 0.751. The van der Waals surface area contributed by atoms with Gasteiger partial charge in [-0.25, -0.2) is 0 Å². The van der Waals surface area contributed by atoms with Gasteiger partial charge in [0.2, 0.25) is 5.78 Å². The first kappa shape index (κ1) is 15.0. The standard InChI is InChI=1S/C20H11NO4/c21-10-11-5-7-12(8-6-11)15-9-16(22)25-20-17(15)18(23)13-3-1-2-4-14(13)19(20)24/h1-8,15H,9H2. The van der Waals surface area contributed by atoms with Crippen molar-refractivity contribution in [2.45, 2.75) is 12.3 Å². The van der Waals surface area contributed by atoms with E-state index >= 15 is 0 Å². The largest absolute Gasteiger partial charge is 0.422 e. The molecule has 0 amide bonds. The Labute approximate surface area is 143 Å². The van der Waals surface area contributed by atoms with Gasteiger partial charge in [-0.1, -0.05) is 36.4 Å². The summed E-state index contributed by atoms with van der Waals surface area (Å²) in [5.74, 6) is -2.03. The second-order valence-corrected chi connectivity index (χ2v) is 5.91. The summed E-state index contributed by atoms with van der Waals surface area (Å²) in [6.45, 7) is 0. The van der Waals surface area contributed by atoms with Crippen LogP contribution >= 0.6 is 0 Å². The fourth-order valence-electron chi connectivity index (χ4n) is 3.29. The van der Waals surface area contributed by atoms with E-state index in [1.165, 1.54) is 0 Å². The van der Waals surface area contributed by atoms with E-state index in [1.54, 1.807) is 48.5 Å². The number of esters is 1. The number of Topliss-reactive ketones (excluding diaryl/α,β-unsaturated/α-hetero) is 2. The van der Waals surface area contributed by atoms with Crippen LogP contribution in [0.2, 0.25) is 0 Å². The highest BCUT2D eigenvalue weighted by Gasteiger charge is 2.42. The first-order chi connectivity index (χ1) is 12.1. The number of benzene rings is 2. The molecule has 1 atom stereocenters. The molecule has 2 aliphatic rings. The molecule has 1 heterocycles. The van der Waals surface area contributed by atoms with Gasteiger partial charge in [0, 0.05) is 17.0 Å². The first-order valence-electron chi connectivity index (χ1n) is 7.73. The van der Waals surface area contributed by atoms with Crippen molar-refractivity contribution in [2.75, 3.05) is 0 Å². The highest BCUT2D eigenvalue weighted by Crippen LogP contribution is 2.41. The molecule has 1 unspecified atom stereocenters. The number of carbonyl (C=O) groups excluding carboxylic acids is 3. The Morgan fingerprint density at radius 1 is 0.920 bits per heavy atom. The van der Waals surface area contributed by atoms with E-state index in [9.17, 15) is 14.4 Å². The van der Waals surface area contributed by atoms with Crippen molar-refractivity contribution >= 4 is 17.5 Å². The molecule has 0 bridgehead atoms. The molecule has 0 saturated carbocycles. The van der Waals surface area contributed by atoms with Gasteiger partial charge in [-0.05, 0) is 17.7 Å². The predicted molar refractivity (Wildman–Crippen MR) is 86.7 cm³/mol. The molecular formula is C20H11NO4. The summed E-state index contributed by atoms with van der Waals surface area (Å²) in [6.07, 6.45) is -0.0219. The number of nitrogens with zero attached hydrogens (tertiary/aromatic N) is 1. The van der Waals surface area contributed by atoms with Crippen LogP contribution in [0.5, 0.6) is 0 Å². The van der Waals surface area contributed by atoms with E-state index in [2.05, 4.69) is 0 Å². The zero-order valence-electron chi connectivity index (χ0n) is 13.0. The van der Waals surface area contributed by atoms with Crippen molar-refractivity contribution in [2.24, 2.45) is 0 Å². The molecule has 2 aromatic rings. The lowest BCUT2D eigenvalue weighted by molar-refractivity contribution is -0.140. The van der Waals surface area contributed by atoms with E-state index in [0.717, 1.165) is 0 Å². The molecule has 120 valence electrons. The van der Waals surface area contributed by atoms with Crippen LogP contribution in [0.25, 0.3) is 0 Å². The van der Waals surface area contributed by atoms with E-state index in [1.807, 2.05) is 6.07 Å². The summed E-state index contributed by atoms with van der Waals surface area (Å²) in [5.41, 5.74) is 1.96. The van der Waals surface area contributed by atoms with E-state index in [0.29, 0.717) is 16.7 Å². The molecule has 0 fully saturated rings. The summed E-state index contributed by atoms with van der Waals surface area (Å²) in [6, 6.07) is 15.2. The SMILES string of the molecule is N#Cc1ccc(C2CC(=O)OC3=C2C(=O)c2ccccc2C3=O)cc1. The lowest BCUT2D eigenvalue weighted by Crippen LogP contribution is -2.32. The van der Waals surface area contributed by atoms with Crippen LogP contribution in [0.4, 0.5) is 0 Å². The van der Waals surface area contributed by atoms with Crippen molar-refractivity contribution in [1.29, 1.82) is 5.26 Å². The van der Waals surface area contributed by atoms with Gasteiger partial charge in [0.1, 0.15) is 0 Å². The number of carbonyl (C=O) groups is 3. The summed E-state index contributed by atoms with van der Waals surface area (Å²) >= 11 is 0. The maximum absolute atomic E-state index is 13.0. The predicted octanol–water partition coefficient (Wildman–Crippen LogP) is 2.92. The molecule has 4 rings (SSSR count). The molecular weight excluding hydrogens is 318 g/mol. The zero-order valence-corrected chi connectivity index (χ0v) is 13.0. The minimum atomic E-state index is -0.561. The normalized spacial score (nSPS) is 19.0. The van der Waals surface area contributed by atoms with Crippen LogP contribution in [0.15, 0.2) is 59.9 Å². The number of nitriles is 1. The molecule has 5 heteroatoms. The highest BCUT2D eigenvalue weighted by atomic mass is 16.5. The van der Waals surface area contributed by atoms with Crippen LogP contribution in [0, 0.1) is 11.3 Å². The molecule has 0 spiro atoms. The Morgan fingerprint density at radius 2 is 1.56 bits per heavy atom. The maximum Gasteiger partial charge on any atom is 0.312 e. The Balaban J connectivity index is 1.88. The highest BCUT2D eigenvalue weighted by molar-refractivity contribution is 6.27. The number of fused-ring (bicyclic) bond motifs is 1. The Hall–Kier alpha value is -3.52. The minimum Gasteiger partial charge on any atom is -0.422 e. The molecule has 0 saturated heterocycles. The second-order valence-electron chi connectivity index (χ2n) is 5.91. The summed E-state index contributed by atoms with van der Waals surface area (Å²) in [7, 11) is 0. The van der Waals surface area contributed by atoms with Crippen LogP contribution in [0.1, 0.15) is 44.2 Å². The van der Waals surface area contributed by atoms with Crippen molar-refractivity contribution in [1.82, 2.24) is 0 Å². The lowest BCUT2D eigenvalue weighted by atomic mass is 9.77. The number of allylic oxidation sites excluding steroid dienone is 2. The molecule has 2 aromatic carbocycles. The number of hydrogen-bond acceptors (Lipinski definition) is 5. The molecule has 1 aliphatic heterocycles. The van der Waals surface area contributed by atoms with Gasteiger partial charge in [-0.15, -0.1) is 0 Å². The van der Waals surface area contributed by atoms with Crippen molar-refractivity contribution in [3.05, 3.63) is 82.1 Å². The van der Waals surface area contributed by atoms with E-state index < -0.39 is 17.7 Å². The molecule has 1 aliphatic carbocycles. The van der Waals surface area contributed by atoms with E-state index in [4.69, 9.17) is 10.00 Å². The summed E-state index contributed by atoms with van der Waals surface area (Å²) in [5, 5.41) is 8.92. The van der Waals surface area contributed by atoms with Gasteiger partial charge in [0.25, 0.3) is 0 Å². The van der Waals surface area contributed by atoms with Gasteiger partial charge < -0.3 is 4.74 Å². The third kappa shape index (κ3) is 2.27. The number of hydrogen-bond donors (Lipinski definition) is 0. The first-order valence-corrected chi connectivity index (χ1v) is 7.73. The molecule has 0 N–H and O–H groups in total. The molecule has 25 heavy (non-hydrogen) atoms. The van der Waals surface area contributed by atoms with Crippen molar-refractivity contribution in [3.8, 4) is 6.07 Å². The van der Waals surface area contributed by atoms with Crippen LogP contribution in [0.3, 0.4) is 0 Å². The summed E-state index contributed by atoms with van der Waals surface area (Å²) in [4.78, 5) is 37.7. The third-order valence-corrected chi connectivity index (χ3v) is 4.49. The van der Waals surface area contributed by atoms with Crippen LogP contribution in [-0.4, -0.2) is 17.5 Å². The third-order valence-electron chi connectivity index (χ3n) is 4.49.